The van der Waals surface area contributed by atoms with Crippen LogP contribution in [0.15, 0.2) is 18.2 Å². The fourth-order valence-electron chi connectivity index (χ4n) is 1.25. The van der Waals surface area contributed by atoms with E-state index in [1.807, 2.05) is 0 Å². The number of rotatable bonds is 2. The van der Waals surface area contributed by atoms with Crippen molar-refractivity contribution in [2.45, 2.75) is 6.42 Å². The molecule has 15 heavy (non-hydrogen) atoms. The monoisotopic (exact) mass is 226 g/mol. The summed E-state index contributed by atoms with van der Waals surface area (Å²) >= 11 is 5.86. The Balaban J connectivity index is 2.31. The summed E-state index contributed by atoms with van der Waals surface area (Å²) in [5.41, 5.74) is 0.396. The van der Waals surface area contributed by atoms with E-state index < -0.39 is 0 Å². The Morgan fingerprint density at radius 1 is 1.47 bits per heavy atom. The van der Waals surface area contributed by atoms with Crippen molar-refractivity contribution in [1.82, 2.24) is 20.2 Å². The van der Waals surface area contributed by atoms with Crippen LogP contribution in [0.3, 0.4) is 0 Å². The fourth-order valence-corrected chi connectivity index (χ4v) is 1.48. The van der Waals surface area contributed by atoms with Crippen LogP contribution >= 0.6 is 11.6 Å². The molecule has 78 valence electrons. The van der Waals surface area contributed by atoms with Crippen LogP contribution in [0.2, 0.25) is 5.02 Å². The number of hydrogen-bond acceptors (Lipinski definition) is 3. The molecule has 0 fully saturated rings. The van der Waals surface area contributed by atoms with Crippen molar-refractivity contribution in [3.05, 3.63) is 40.4 Å². The fraction of sp³-hybridized carbons (Fsp3) is 0.222. The largest absolute Gasteiger partial charge is 0.207 e. The van der Waals surface area contributed by atoms with Crippen molar-refractivity contribution in [2.24, 2.45) is 7.05 Å². The Morgan fingerprint density at radius 2 is 2.27 bits per heavy atom. The van der Waals surface area contributed by atoms with Crippen LogP contribution < -0.4 is 0 Å². The van der Waals surface area contributed by atoms with E-state index >= 15 is 0 Å². The molecule has 2 aromatic rings. The Hall–Kier alpha value is -1.49. The van der Waals surface area contributed by atoms with Crippen LogP contribution in [0, 0.1) is 5.82 Å². The number of hydrogen-bond donors (Lipinski definition) is 0. The molecular formula is C9H8ClFN4. The lowest BCUT2D eigenvalue weighted by Gasteiger charge is -2.01. The molecule has 0 amide bonds. The zero-order valence-corrected chi connectivity index (χ0v) is 8.74. The molecule has 0 N–H and O–H groups in total. The summed E-state index contributed by atoms with van der Waals surface area (Å²) in [6.45, 7) is 0. The maximum atomic E-state index is 13.4. The van der Waals surface area contributed by atoms with Crippen LogP contribution in [0.4, 0.5) is 4.39 Å². The minimum absolute atomic E-state index is 0.249. The molecule has 0 bridgehead atoms. The van der Waals surface area contributed by atoms with Crippen LogP contribution in [-0.2, 0) is 13.5 Å². The summed E-state index contributed by atoms with van der Waals surface area (Å²) in [6, 6.07) is 4.55. The second kappa shape index (κ2) is 3.94. The standard InChI is InChI=1S/C9H8ClFN4/c1-15-13-9(12-14-15)5-6-7(10)3-2-4-8(6)11/h2-4H,5H2,1H3. The minimum atomic E-state index is -0.352. The van der Waals surface area contributed by atoms with Gasteiger partial charge in [-0.3, -0.25) is 0 Å². The van der Waals surface area contributed by atoms with Crippen LogP contribution in [0.5, 0.6) is 0 Å². The first-order valence-electron chi connectivity index (χ1n) is 4.32. The molecule has 2 rings (SSSR count). The molecule has 0 unspecified atom stereocenters. The molecule has 1 aromatic carbocycles. The maximum absolute atomic E-state index is 13.4. The van der Waals surface area contributed by atoms with E-state index in [4.69, 9.17) is 11.6 Å². The first kappa shape index (κ1) is 10.0. The third-order valence-electron chi connectivity index (χ3n) is 1.95. The van der Waals surface area contributed by atoms with E-state index in [1.165, 1.54) is 10.9 Å². The highest BCUT2D eigenvalue weighted by molar-refractivity contribution is 6.31. The predicted molar refractivity (Wildman–Crippen MR) is 53.0 cm³/mol. The summed E-state index contributed by atoms with van der Waals surface area (Å²) in [5, 5.41) is 11.8. The van der Waals surface area contributed by atoms with Gasteiger partial charge in [0.15, 0.2) is 5.82 Å². The average molecular weight is 227 g/mol. The Bertz CT molecular complexity index is 462. The molecule has 0 saturated carbocycles. The van der Waals surface area contributed by atoms with Crippen molar-refractivity contribution in [3.63, 3.8) is 0 Å². The molecule has 0 aliphatic rings. The lowest BCUT2D eigenvalue weighted by molar-refractivity contribution is 0.610. The van der Waals surface area contributed by atoms with E-state index in [9.17, 15) is 4.39 Å². The molecule has 1 heterocycles. The van der Waals surface area contributed by atoms with Gasteiger partial charge in [-0.2, -0.15) is 4.80 Å². The molecule has 0 spiro atoms. The van der Waals surface area contributed by atoms with E-state index in [1.54, 1.807) is 19.2 Å². The Morgan fingerprint density at radius 3 is 2.87 bits per heavy atom. The third kappa shape index (κ3) is 2.12. The van der Waals surface area contributed by atoms with Gasteiger partial charge in [-0.25, -0.2) is 4.39 Å². The highest BCUT2D eigenvalue weighted by Gasteiger charge is 2.10. The van der Waals surface area contributed by atoms with Crippen LogP contribution in [0.1, 0.15) is 11.4 Å². The van der Waals surface area contributed by atoms with Crippen molar-refractivity contribution >= 4 is 11.6 Å². The first-order valence-corrected chi connectivity index (χ1v) is 4.70. The normalized spacial score (nSPS) is 10.6. The smallest absolute Gasteiger partial charge is 0.179 e. The van der Waals surface area contributed by atoms with Gasteiger partial charge in [0.25, 0.3) is 0 Å². The lowest BCUT2D eigenvalue weighted by Crippen LogP contribution is -1.97. The number of halogens is 2. The molecule has 1 aromatic heterocycles. The average Bonchev–Trinajstić information content (AvgIpc) is 2.58. The topological polar surface area (TPSA) is 43.6 Å². The van der Waals surface area contributed by atoms with Gasteiger partial charge in [0.05, 0.1) is 7.05 Å². The summed E-state index contributed by atoms with van der Waals surface area (Å²) in [4.78, 5) is 1.32. The molecule has 0 aliphatic carbocycles. The molecule has 4 nitrogen and oxygen atoms in total. The zero-order chi connectivity index (χ0) is 10.8. The molecule has 6 heteroatoms. The molecule has 0 atom stereocenters. The number of aromatic nitrogens is 4. The summed E-state index contributed by atoms with van der Waals surface area (Å²) in [6.07, 6.45) is 0.249. The highest BCUT2D eigenvalue weighted by Crippen LogP contribution is 2.20. The lowest BCUT2D eigenvalue weighted by atomic mass is 10.1. The van der Waals surface area contributed by atoms with Crippen LogP contribution in [0.25, 0.3) is 0 Å². The molecule has 0 saturated heterocycles. The maximum Gasteiger partial charge on any atom is 0.179 e. The number of aryl methyl sites for hydroxylation is 1. The number of tetrazole rings is 1. The van der Waals surface area contributed by atoms with Gasteiger partial charge in [0.1, 0.15) is 5.82 Å². The Kier molecular flexibility index (Phi) is 2.64. The van der Waals surface area contributed by atoms with Gasteiger partial charge in [0.2, 0.25) is 0 Å². The highest BCUT2D eigenvalue weighted by atomic mass is 35.5. The number of benzene rings is 1. The first-order chi connectivity index (χ1) is 7.16. The molecule has 0 radical (unpaired) electrons. The van der Waals surface area contributed by atoms with Gasteiger partial charge in [-0.1, -0.05) is 17.7 Å². The molecule has 0 aliphatic heterocycles. The summed E-state index contributed by atoms with van der Waals surface area (Å²) in [7, 11) is 1.65. The Labute approximate surface area is 90.7 Å². The third-order valence-corrected chi connectivity index (χ3v) is 2.30. The van der Waals surface area contributed by atoms with E-state index in [0.717, 1.165) is 0 Å². The number of nitrogens with zero attached hydrogens (tertiary/aromatic N) is 4. The predicted octanol–water partition coefficient (Wildman–Crippen LogP) is 1.59. The van der Waals surface area contributed by atoms with Crippen LogP contribution in [-0.4, -0.2) is 20.2 Å². The summed E-state index contributed by atoms with van der Waals surface area (Å²) in [5.74, 6) is 0.0967. The van der Waals surface area contributed by atoms with Gasteiger partial charge in [-0.15, -0.1) is 10.2 Å². The minimum Gasteiger partial charge on any atom is -0.207 e. The van der Waals surface area contributed by atoms with Crippen molar-refractivity contribution < 1.29 is 4.39 Å². The van der Waals surface area contributed by atoms with Crippen molar-refractivity contribution in [3.8, 4) is 0 Å². The summed E-state index contributed by atoms with van der Waals surface area (Å²) < 4.78 is 13.4. The second-order valence-corrected chi connectivity index (χ2v) is 3.48. The van der Waals surface area contributed by atoms with Gasteiger partial charge >= 0.3 is 0 Å². The zero-order valence-electron chi connectivity index (χ0n) is 7.98. The van der Waals surface area contributed by atoms with Crippen molar-refractivity contribution in [1.29, 1.82) is 0 Å². The quantitative estimate of drug-likeness (QED) is 0.781. The van der Waals surface area contributed by atoms with Crippen molar-refractivity contribution in [2.75, 3.05) is 0 Å². The van der Waals surface area contributed by atoms with Gasteiger partial charge in [0, 0.05) is 17.0 Å². The second-order valence-electron chi connectivity index (χ2n) is 3.07. The molecular weight excluding hydrogens is 219 g/mol. The van der Waals surface area contributed by atoms with Gasteiger partial charge < -0.3 is 0 Å². The SMILES string of the molecule is Cn1nnc(Cc2c(F)cccc2Cl)n1. The van der Waals surface area contributed by atoms with E-state index in [2.05, 4.69) is 15.4 Å². The van der Waals surface area contributed by atoms with E-state index in [-0.39, 0.29) is 12.2 Å². The van der Waals surface area contributed by atoms with Gasteiger partial charge in [-0.05, 0) is 17.3 Å². The van der Waals surface area contributed by atoms with E-state index in [0.29, 0.717) is 16.4 Å².